The first-order valence-electron chi connectivity index (χ1n) is 16.1. The summed E-state index contributed by atoms with van der Waals surface area (Å²) in [6, 6.07) is 16.0. The molecule has 54 heavy (non-hydrogen) atoms. The molecule has 0 aliphatic rings. The molecule has 0 saturated carbocycles. The van der Waals surface area contributed by atoms with Crippen LogP contribution >= 0.6 is 15.9 Å². The molecular weight excluding hydrogens is 779 g/mol. The van der Waals surface area contributed by atoms with Crippen LogP contribution in [0.2, 0.25) is 0 Å². The normalized spacial score (nSPS) is 10.6. The summed E-state index contributed by atoms with van der Waals surface area (Å²) in [7, 11) is 5.46. The Kier molecular flexibility index (Phi) is 18.2. The summed E-state index contributed by atoms with van der Waals surface area (Å²) in [6.45, 7) is 2.41. The largest absolute Gasteiger partial charge is 1.00 e. The van der Waals surface area contributed by atoms with Crippen LogP contribution in [0, 0.1) is 0 Å². The number of anilines is 2. The smallest absolute Gasteiger partial charge is 0.857 e. The van der Waals surface area contributed by atoms with Gasteiger partial charge in [0.25, 0.3) is 6.01 Å². The fraction of sp³-hybridized carbons (Fsp3) is 0.353. The number of hydrogen-bond acceptors (Lipinski definition) is 16. The van der Waals surface area contributed by atoms with Crippen molar-refractivity contribution in [2.75, 3.05) is 66.3 Å². The number of aliphatic hydroxyl groups excluding tert-OH is 2. The predicted molar refractivity (Wildman–Crippen MR) is 197 cm³/mol. The van der Waals surface area contributed by atoms with Gasteiger partial charge in [-0.3, -0.25) is 9.13 Å². The van der Waals surface area contributed by atoms with Crippen molar-refractivity contribution in [2.24, 2.45) is 0 Å². The molecule has 0 fully saturated rings. The van der Waals surface area contributed by atoms with Gasteiger partial charge < -0.3 is 50.5 Å². The van der Waals surface area contributed by atoms with E-state index in [2.05, 4.69) is 45.8 Å². The van der Waals surface area contributed by atoms with Crippen LogP contribution in [0.3, 0.4) is 0 Å². The molecule has 0 bridgehead atoms. The van der Waals surface area contributed by atoms with Crippen LogP contribution in [0.5, 0.6) is 18.0 Å². The number of rotatable bonds is 15. The molecule has 0 aliphatic heterocycles. The minimum absolute atomic E-state index is 0. The van der Waals surface area contributed by atoms with Gasteiger partial charge >= 0.3 is 41.6 Å². The second kappa shape index (κ2) is 22.3. The first-order chi connectivity index (χ1) is 25.8. The van der Waals surface area contributed by atoms with Gasteiger partial charge in [-0.05, 0) is 38.2 Å². The van der Waals surface area contributed by atoms with Gasteiger partial charge in [0.05, 0.1) is 46.6 Å². The second-order valence-electron chi connectivity index (χ2n) is 10.9. The van der Waals surface area contributed by atoms with Gasteiger partial charge in [0.15, 0.2) is 38.7 Å². The SMILES string of the molecule is COCCOc1nc(N)c2nc(Br)n(Cc3cccc(CO)c3)c2n1.COCCOc1nc(N)c2nc(OC)n(Cc3cccc(CO)c3)c2n1.C[O-].[Na+]. The van der Waals surface area contributed by atoms with Gasteiger partial charge in [0.1, 0.15) is 13.2 Å². The number of fused-ring (bicyclic) bond motifs is 2. The Bertz CT molecular complexity index is 2080. The van der Waals surface area contributed by atoms with E-state index < -0.39 is 0 Å². The maximum Gasteiger partial charge on any atom is 1.00 e. The summed E-state index contributed by atoms with van der Waals surface area (Å²) in [4.78, 5) is 25.8. The molecule has 0 spiro atoms. The predicted octanol–water partition coefficient (Wildman–Crippen LogP) is -1.30. The zero-order valence-corrected chi connectivity index (χ0v) is 34.3. The third kappa shape index (κ3) is 11.4. The van der Waals surface area contributed by atoms with Gasteiger partial charge in [-0.1, -0.05) is 48.5 Å². The number of hydrogen-bond donors (Lipinski definition) is 4. The monoisotopic (exact) mass is 820 g/mol. The molecule has 284 valence electrons. The van der Waals surface area contributed by atoms with E-state index in [1.54, 1.807) is 18.8 Å². The van der Waals surface area contributed by atoms with Gasteiger partial charge in [0, 0.05) is 14.2 Å². The number of halogens is 1. The van der Waals surface area contributed by atoms with Crippen molar-refractivity contribution in [3.05, 3.63) is 75.5 Å². The van der Waals surface area contributed by atoms with Crippen LogP contribution in [0.4, 0.5) is 11.6 Å². The molecule has 4 aromatic heterocycles. The Labute approximate surface area is 341 Å². The van der Waals surface area contributed by atoms with Crippen molar-refractivity contribution in [1.29, 1.82) is 0 Å². The fourth-order valence-corrected chi connectivity index (χ4v) is 5.44. The summed E-state index contributed by atoms with van der Waals surface area (Å²) in [5.41, 5.74) is 17.7. The minimum atomic E-state index is -0.0255. The van der Waals surface area contributed by atoms with Gasteiger partial charge in [-0.25, -0.2) is 4.98 Å². The molecule has 18 nitrogen and oxygen atoms in total. The number of nitrogen functional groups attached to an aromatic ring is 2. The zero-order valence-electron chi connectivity index (χ0n) is 30.7. The first kappa shape index (κ1) is 44.2. The Morgan fingerprint density at radius 3 is 1.56 bits per heavy atom. The molecule has 0 saturated heterocycles. The third-order valence-corrected chi connectivity index (χ3v) is 7.98. The molecule has 0 unspecified atom stereocenters. The standard InChI is InChI=1S/C17H21N5O4.C16H18BrN5O3.CH3O.Na/c1-24-6-7-26-16-20-14(18)13-15(21-16)22(17(19-13)25-2)9-11-4-3-5-12(8-11)10-23;1-24-5-6-25-16-20-13(18)12-14(21-16)22(15(17)19-12)8-10-3-2-4-11(7-10)9-23;1-2;/h3-5,8,23H,6-7,9-10H2,1-2H3,(H2,18,20,21);2-4,7,23H,5-6,8-9H2,1H3,(H2,18,20,21);1H3;/q;;-1;+1. The summed E-state index contributed by atoms with van der Waals surface area (Å²) in [5, 5.41) is 26.9. The molecule has 6 aromatic rings. The number of imidazole rings is 2. The Morgan fingerprint density at radius 1 is 0.648 bits per heavy atom. The molecule has 0 aliphatic carbocycles. The van der Waals surface area contributed by atoms with E-state index in [0.717, 1.165) is 29.4 Å². The zero-order chi connectivity index (χ0) is 38.3. The molecule has 2 aromatic carbocycles. The molecule has 6 N–H and O–H groups in total. The van der Waals surface area contributed by atoms with Crippen LogP contribution in [0.1, 0.15) is 22.3 Å². The van der Waals surface area contributed by atoms with Crippen molar-refractivity contribution in [3.63, 3.8) is 0 Å². The topological polar surface area (TPSA) is 249 Å². The second-order valence-corrected chi connectivity index (χ2v) is 11.6. The van der Waals surface area contributed by atoms with E-state index >= 15 is 0 Å². The number of aromatic nitrogens is 8. The summed E-state index contributed by atoms with van der Waals surface area (Å²) >= 11 is 3.44. The number of ether oxygens (including phenoxy) is 5. The molecule has 4 heterocycles. The number of aliphatic hydroxyl groups is 2. The third-order valence-electron chi connectivity index (χ3n) is 7.37. The molecular formula is C34H42BrN10NaO8. The molecule has 0 atom stereocenters. The Balaban J connectivity index is 0.000000273. The molecule has 0 amide bonds. The van der Waals surface area contributed by atoms with Crippen LogP contribution in [0.15, 0.2) is 53.3 Å². The van der Waals surface area contributed by atoms with Crippen molar-refractivity contribution in [3.8, 4) is 18.0 Å². The van der Waals surface area contributed by atoms with Crippen LogP contribution in [-0.2, 0) is 35.8 Å². The van der Waals surface area contributed by atoms with Crippen molar-refractivity contribution < 1.29 is 68.6 Å². The summed E-state index contributed by atoms with van der Waals surface area (Å²) < 4.78 is 30.5. The van der Waals surface area contributed by atoms with E-state index in [0.29, 0.717) is 72.6 Å². The average Bonchev–Trinajstić information content (AvgIpc) is 3.69. The molecule has 6 rings (SSSR count). The van der Waals surface area contributed by atoms with Crippen molar-refractivity contribution >= 4 is 49.9 Å². The van der Waals surface area contributed by atoms with E-state index in [1.807, 2.05) is 53.1 Å². The maximum absolute atomic E-state index is 9.33. The summed E-state index contributed by atoms with van der Waals surface area (Å²) in [5.74, 6) is 0.463. The number of nitrogens with two attached hydrogens (primary N) is 2. The molecule has 20 heteroatoms. The number of methoxy groups -OCH3 is 3. The van der Waals surface area contributed by atoms with E-state index in [9.17, 15) is 10.2 Å². The fourth-order valence-electron chi connectivity index (χ4n) is 4.97. The van der Waals surface area contributed by atoms with Crippen LogP contribution < -0.4 is 60.3 Å². The van der Waals surface area contributed by atoms with E-state index in [-0.39, 0.29) is 66.4 Å². The van der Waals surface area contributed by atoms with Crippen LogP contribution in [-0.4, -0.2) is 104 Å². The quantitative estimate of drug-likeness (QED) is 0.0534. The average molecular weight is 822 g/mol. The Hall–Kier alpha value is -4.18. The number of benzene rings is 2. The Morgan fingerprint density at radius 2 is 1.09 bits per heavy atom. The van der Waals surface area contributed by atoms with E-state index in [4.69, 9.17) is 40.3 Å². The van der Waals surface area contributed by atoms with Gasteiger partial charge in [0.2, 0.25) is 0 Å². The molecule has 0 radical (unpaired) electrons. The van der Waals surface area contributed by atoms with Gasteiger partial charge in [-0.2, -0.15) is 32.0 Å². The van der Waals surface area contributed by atoms with Crippen molar-refractivity contribution in [2.45, 2.75) is 26.3 Å². The van der Waals surface area contributed by atoms with Crippen molar-refractivity contribution in [1.82, 2.24) is 39.0 Å². The minimum Gasteiger partial charge on any atom is -0.857 e. The summed E-state index contributed by atoms with van der Waals surface area (Å²) in [6.07, 6.45) is 0. The first-order valence-corrected chi connectivity index (χ1v) is 16.9. The number of nitrogens with zero attached hydrogens (tertiary/aromatic N) is 8. The van der Waals surface area contributed by atoms with Gasteiger partial charge in [-0.15, -0.1) is 0 Å². The van der Waals surface area contributed by atoms with E-state index in [1.165, 1.54) is 7.11 Å². The maximum atomic E-state index is 9.33. The van der Waals surface area contributed by atoms with Crippen LogP contribution in [0.25, 0.3) is 22.3 Å².